The van der Waals surface area contributed by atoms with Gasteiger partial charge in [-0.25, -0.2) is 4.79 Å². The smallest absolute Gasteiger partial charge is 0.335 e. The Labute approximate surface area is 159 Å². The number of rotatable bonds is 4. The Morgan fingerprint density at radius 2 is 1.52 bits per heavy atom. The van der Waals surface area contributed by atoms with Crippen molar-refractivity contribution >= 4 is 23.1 Å². The summed E-state index contributed by atoms with van der Waals surface area (Å²) >= 11 is 0. The summed E-state index contributed by atoms with van der Waals surface area (Å²) in [7, 11) is 2.13. The number of ketones is 1. The highest BCUT2D eigenvalue weighted by atomic mass is 16.4. The molecule has 0 bridgehead atoms. The summed E-state index contributed by atoms with van der Waals surface area (Å²) in [4.78, 5) is 24.7. The molecule has 2 aromatic rings. The molecular weight excluding hydrogens is 342 g/mol. The van der Waals surface area contributed by atoms with Crippen molar-refractivity contribution in [1.82, 2.24) is 4.90 Å². The van der Waals surface area contributed by atoms with Crippen LogP contribution in [0.4, 0.5) is 11.4 Å². The number of benzene rings is 2. The Balaban J connectivity index is 0.000000223. The van der Waals surface area contributed by atoms with Crippen molar-refractivity contribution in [1.29, 1.82) is 0 Å². The van der Waals surface area contributed by atoms with Gasteiger partial charge in [0.2, 0.25) is 0 Å². The molecule has 0 unspecified atom stereocenters. The number of Topliss-reactive ketones (excluding diaryl/α,β-unsaturated/α-hetero) is 1. The van der Waals surface area contributed by atoms with Gasteiger partial charge in [0, 0.05) is 23.4 Å². The van der Waals surface area contributed by atoms with E-state index in [1.54, 1.807) is 18.2 Å². The molecule has 1 aliphatic heterocycles. The number of nitrogens with two attached hydrogens (primary N) is 2. The lowest BCUT2D eigenvalue weighted by molar-refractivity contribution is 0.0696. The first-order valence-corrected chi connectivity index (χ1v) is 9.01. The summed E-state index contributed by atoms with van der Waals surface area (Å²) in [5.74, 6) is -0.181. The molecule has 0 aromatic heterocycles. The van der Waals surface area contributed by atoms with Crippen molar-refractivity contribution in [2.75, 3.05) is 31.6 Å². The van der Waals surface area contributed by atoms with Crippen LogP contribution < -0.4 is 11.5 Å². The highest BCUT2D eigenvalue weighted by molar-refractivity contribution is 5.96. The quantitative estimate of drug-likeness (QED) is 0.564. The molecule has 0 spiro atoms. The molecule has 1 heterocycles. The first-order chi connectivity index (χ1) is 12.8. The first-order valence-electron chi connectivity index (χ1n) is 9.01. The monoisotopic (exact) mass is 369 g/mol. The number of carbonyl (C=O) groups excluding carboxylic acids is 1. The predicted octanol–water partition coefficient (Wildman–Crippen LogP) is 3.15. The van der Waals surface area contributed by atoms with E-state index >= 15 is 0 Å². The Hall–Kier alpha value is -2.86. The summed E-state index contributed by atoms with van der Waals surface area (Å²) < 4.78 is 0. The second-order valence-corrected chi connectivity index (χ2v) is 6.93. The van der Waals surface area contributed by atoms with Crippen molar-refractivity contribution in [2.24, 2.45) is 5.92 Å². The van der Waals surface area contributed by atoms with E-state index in [1.807, 2.05) is 18.2 Å². The number of anilines is 2. The number of hydrogen-bond donors (Lipinski definition) is 3. The summed E-state index contributed by atoms with van der Waals surface area (Å²) in [6, 6.07) is 13.5. The molecule has 6 heteroatoms. The average Bonchev–Trinajstić information content (AvgIpc) is 2.64. The Bertz CT molecular complexity index is 784. The van der Waals surface area contributed by atoms with Crippen LogP contribution >= 0.6 is 0 Å². The van der Waals surface area contributed by atoms with Gasteiger partial charge in [0.1, 0.15) is 0 Å². The number of carboxylic acids is 1. The molecule has 27 heavy (non-hydrogen) atoms. The standard InChI is InChI=1S/C14H20N2O.C7H7NO2/c1-16-7-5-11(6-8-16)9-14(17)12-3-2-4-13(15)10-12;8-6-3-1-2-5(4-6)7(9)10/h2-4,10-11H,5-9,15H2,1H3;1-4H,8H2,(H,9,10). The number of piperidine rings is 1. The van der Waals surface area contributed by atoms with Gasteiger partial charge in [0.25, 0.3) is 0 Å². The molecule has 6 nitrogen and oxygen atoms in total. The van der Waals surface area contributed by atoms with Crippen LogP contribution in [0, 0.1) is 5.92 Å². The minimum atomic E-state index is -0.952. The van der Waals surface area contributed by atoms with Gasteiger partial charge in [-0.1, -0.05) is 18.2 Å². The normalized spacial score (nSPS) is 14.9. The van der Waals surface area contributed by atoms with Crippen molar-refractivity contribution in [3.8, 4) is 0 Å². The maximum absolute atomic E-state index is 12.1. The zero-order valence-corrected chi connectivity index (χ0v) is 15.6. The first kappa shape index (κ1) is 20.5. The van der Waals surface area contributed by atoms with E-state index in [0.717, 1.165) is 31.5 Å². The van der Waals surface area contributed by atoms with Crippen LogP contribution in [0.1, 0.15) is 40.0 Å². The molecule has 2 aromatic carbocycles. The lowest BCUT2D eigenvalue weighted by atomic mass is 9.90. The summed E-state index contributed by atoms with van der Waals surface area (Å²) in [6.07, 6.45) is 2.92. The number of carbonyl (C=O) groups is 2. The molecule has 0 amide bonds. The molecule has 0 radical (unpaired) electrons. The lowest BCUT2D eigenvalue weighted by Gasteiger charge is -2.28. The van der Waals surface area contributed by atoms with Gasteiger partial charge in [0.05, 0.1) is 5.56 Å². The molecule has 1 fully saturated rings. The summed E-state index contributed by atoms with van der Waals surface area (Å²) in [5.41, 5.74) is 13.1. The van der Waals surface area contributed by atoms with Crippen molar-refractivity contribution in [3.63, 3.8) is 0 Å². The third-order valence-electron chi connectivity index (χ3n) is 4.65. The Kier molecular flexibility index (Phi) is 7.37. The van der Waals surface area contributed by atoms with E-state index in [1.165, 1.54) is 12.1 Å². The molecule has 3 rings (SSSR count). The fraction of sp³-hybridized carbons (Fsp3) is 0.333. The second-order valence-electron chi connectivity index (χ2n) is 6.93. The zero-order chi connectivity index (χ0) is 19.8. The number of likely N-dealkylation sites (tertiary alicyclic amines) is 1. The van der Waals surface area contributed by atoms with Crippen LogP contribution in [0.3, 0.4) is 0 Å². The van der Waals surface area contributed by atoms with Gasteiger partial charge in [0.15, 0.2) is 5.78 Å². The van der Waals surface area contributed by atoms with Gasteiger partial charge in [-0.3, -0.25) is 4.79 Å². The molecule has 1 aliphatic rings. The van der Waals surface area contributed by atoms with Crippen LogP contribution in [0.2, 0.25) is 0 Å². The third-order valence-corrected chi connectivity index (χ3v) is 4.65. The van der Waals surface area contributed by atoms with Crippen molar-refractivity contribution in [3.05, 3.63) is 59.7 Å². The minimum Gasteiger partial charge on any atom is -0.478 e. The number of carboxylic acid groups (broad SMARTS) is 1. The second kappa shape index (κ2) is 9.73. The maximum atomic E-state index is 12.1. The number of aromatic carboxylic acids is 1. The SMILES string of the molecule is CN1CCC(CC(=O)c2cccc(N)c2)CC1.Nc1cccc(C(=O)O)c1. The predicted molar refractivity (Wildman–Crippen MR) is 108 cm³/mol. The van der Waals surface area contributed by atoms with Gasteiger partial charge in [-0.05, 0) is 69.2 Å². The van der Waals surface area contributed by atoms with E-state index in [9.17, 15) is 9.59 Å². The van der Waals surface area contributed by atoms with Gasteiger partial charge in [-0.15, -0.1) is 0 Å². The van der Waals surface area contributed by atoms with E-state index in [0.29, 0.717) is 23.7 Å². The van der Waals surface area contributed by atoms with Gasteiger partial charge >= 0.3 is 5.97 Å². The van der Waals surface area contributed by atoms with Crippen LogP contribution in [-0.4, -0.2) is 41.9 Å². The number of hydrogen-bond acceptors (Lipinski definition) is 5. The summed E-state index contributed by atoms with van der Waals surface area (Å²) in [6.45, 7) is 2.21. The fourth-order valence-electron chi connectivity index (χ4n) is 3.03. The van der Waals surface area contributed by atoms with Crippen molar-refractivity contribution in [2.45, 2.75) is 19.3 Å². The van der Waals surface area contributed by atoms with Crippen LogP contribution in [0.5, 0.6) is 0 Å². The van der Waals surface area contributed by atoms with Gasteiger partial charge in [-0.2, -0.15) is 0 Å². The summed E-state index contributed by atoms with van der Waals surface area (Å²) in [5, 5.41) is 8.45. The molecule has 5 N–H and O–H groups in total. The molecule has 144 valence electrons. The molecule has 0 aliphatic carbocycles. The Morgan fingerprint density at radius 1 is 1.00 bits per heavy atom. The fourth-order valence-corrected chi connectivity index (χ4v) is 3.03. The third kappa shape index (κ3) is 6.75. The highest BCUT2D eigenvalue weighted by Crippen LogP contribution is 2.22. The van der Waals surface area contributed by atoms with Crippen molar-refractivity contribution < 1.29 is 14.7 Å². The van der Waals surface area contributed by atoms with Crippen LogP contribution in [0.15, 0.2) is 48.5 Å². The lowest BCUT2D eigenvalue weighted by Crippen LogP contribution is -2.31. The maximum Gasteiger partial charge on any atom is 0.335 e. The van der Waals surface area contributed by atoms with Gasteiger partial charge < -0.3 is 21.5 Å². The Morgan fingerprint density at radius 3 is 2.00 bits per heavy atom. The van der Waals surface area contributed by atoms with E-state index in [2.05, 4.69) is 11.9 Å². The molecular formula is C21H27N3O3. The number of nitrogen functional groups attached to an aromatic ring is 2. The largest absolute Gasteiger partial charge is 0.478 e. The molecule has 1 saturated heterocycles. The average molecular weight is 369 g/mol. The van der Waals surface area contributed by atoms with E-state index in [4.69, 9.17) is 16.6 Å². The zero-order valence-electron chi connectivity index (χ0n) is 15.6. The van der Waals surface area contributed by atoms with E-state index < -0.39 is 5.97 Å². The number of nitrogens with zero attached hydrogens (tertiary/aromatic N) is 1. The topological polar surface area (TPSA) is 110 Å². The minimum absolute atomic E-state index is 0.222. The molecule has 0 atom stereocenters. The molecule has 0 saturated carbocycles. The van der Waals surface area contributed by atoms with Crippen LogP contribution in [-0.2, 0) is 0 Å². The van der Waals surface area contributed by atoms with E-state index in [-0.39, 0.29) is 11.3 Å². The highest BCUT2D eigenvalue weighted by Gasteiger charge is 2.20. The van der Waals surface area contributed by atoms with Crippen LogP contribution in [0.25, 0.3) is 0 Å².